The molecule has 0 aliphatic carbocycles. The zero-order valence-electron chi connectivity index (χ0n) is 15.0. The summed E-state index contributed by atoms with van der Waals surface area (Å²) in [5, 5.41) is 15.4. The van der Waals surface area contributed by atoms with Crippen molar-refractivity contribution in [2.45, 2.75) is 13.8 Å². The third kappa shape index (κ3) is 2.95. The van der Waals surface area contributed by atoms with Crippen molar-refractivity contribution in [1.82, 2.24) is 24.7 Å². The van der Waals surface area contributed by atoms with E-state index in [0.717, 1.165) is 5.39 Å². The quantitative estimate of drug-likeness (QED) is 0.543. The van der Waals surface area contributed by atoms with E-state index in [1.54, 1.807) is 49.3 Å². The minimum absolute atomic E-state index is 0.00443. The lowest BCUT2D eigenvalue weighted by Gasteiger charge is -2.06. The molecule has 0 amide bonds. The number of fused-ring (bicyclic) bond motifs is 1. The Balaban J connectivity index is 1.88. The maximum Gasteiger partial charge on any atom is 0.198 e. The molecule has 0 spiro atoms. The number of aromatic hydroxyl groups is 1. The first-order valence-corrected chi connectivity index (χ1v) is 8.30. The molecule has 0 saturated heterocycles. The van der Waals surface area contributed by atoms with Crippen molar-refractivity contribution < 1.29 is 9.50 Å². The van der Waals surface area contributed by atoms with E-state index in [1.165, 1.54) is 6.20 Å². The molecule has 4 aromatic heterocycles. The SMILES string of the molecule is CC(=Nc1ccn(C)n1)c1c(O)[nH]c2cnc(-c3cncc(F)c3C)cc12. The van der Waals surface area contributed by atoms with Crippen LogP contribution in [0, 0.1) is 12.7 Å². The van der Waals surface area contributed by atoms with Gasteiger partial charge in [0.25, 0.3) is 0 Å². The van der Waals surface area contributed by atoms with Gasteiger partial charge in [-0.1, -0.05) is 0 Å². The molecule has 27 heavy (non-hydrogen) atoms. The lowest BCUT2D eigenvalue weighted by Crippen LogP contribution is -1.95. The third-order valence-corrected chi connectivity index (χ3v) is 4.44. The van der Waals surface area contributed by atoms with Gasteiger partial charge in [-0.2, -0.15) is 5.10 Å². The van der Waals surface area contributed by atoms with Crippen molar-refractivity contribution in [3.05, 3.63) is 53.9 Å². The number of hydrogen-bond donors (Lipinski definition) is 2. The van der Waals surface area contributed by atoms with Gasteiger partial charge in [0.1, 0.15) is 5.82 Å². The molecule has 2 N–H and O–H groups in total. The van der Waals surface area contributed by atoms with E-state index < -0.39 is 0 Å². The second-order valence-corrected chi connectivity index (χ2v) is 6.30. The molecule has 8 heteroatoms. The first kappa shape index (κ1) is 16.9. The van der Waals surface area contributed by atoms with Gasteiger partial charge in [-0.05, 0) is 25.5 Å². The summed E-state index contributed by atoms with van der Waals surface area (Å²) < 4.78 is 15.5. The predicted molar refractivity (Wildman–Crippen MR) is 101 cm³/mol. The lowest BCUT2D eigenvalue weighted by molar-refractivity contribution is 0.457. The first-order chi connectivity index (χ1) is 12.9. The van der Waals surface area contributed by atoms with Gasteiger partial charge in [-0.25, -0.2) is 9.38 Å². The maximum absolute atomic E-state index is 13.9. The van der Waals surface area contributed by atoms with Crippen molar-refractivity contribution in [3.63, 3.8) is 0 Å². The Morgan fingerprint density at radius 1 is 1.30 bits per heavy atom. The molecule has 0 aliphatic heterocycles. The van der Waals surface area contributed by atoms with Crippen LogP contribution in [0.5, 0.6) is 5.88 Å². The smallest absolute Gasteiger partial charge is 0.198 e. The molecule has 0 unspecified atom stereocenters. The molecule has 0 radical (unpaired) electrons. The van der Waals surface area contributed by atoms with E-state index in [2.05, 4.69) is 25.0 Å². The molecule has 7 nitrogen and oxygen atoms in total. The monoisotopic (exact) mass is 364 g/mol. The topological polar surface area (TPSA) is 92.0 Å². The van der Waals surface area contributed by atoms with Gasteiger partial charge >= 0.3 is 0 Å². The van der Waals surface area contributed by atoms with Gasteiger partial charge in [0.15, 0.2) is 11.7 Å². The number of nitrogens with zero attached hydrogens (tertiary/aromatic N) is 5. The molecule has 0 fully saturated rings. The number of H-pyrrole nitrogens is 1. The summed E-state index contributed by atoms with van der Waals surface area (Å²) in [6, 6.07) is 3.58. The standard InChI is InChI=1S/C19H17FN6O/c1-10-13(7-21-8-14(10)20)15-6-12-16(9-22-15)24-19(27)18(12)11(2)23-17-4-5-26(3)25-17/h4-9,24,27H,1-3H3. The third-order valence-electron chi connectivity index (χ3n) is 4.44. The summed E-state index contributed by atoms with van der Waals surface area (Å²) in [5.74, 6) is 0.151. The van der Waals surface area contributed by atoms with E-state index in [9.17, 15) is 9.50 Å². The van der Waals surface area contributed by atoms with Crippen molar-refractivity contribution in [2.24, 2.45) is 12.0 Å². The summed E-state index contributed by atoms with van der Waals surface area (Å²) in [7, 11) is 1.81. The van der Waals surface area contributed by atoms with Gasteiger partial charge in [0.2, 0.25) is 0 Å². The van der Waals surface area contributed by atoms with Crippen LogP contribution in [0.25, 0.3) is 22.2 Å². The largest absolute Gasteiger partial charge is 0.494 e. The first-order valence-electron chi connectivity index (χ1n) is 8.30. The molecule has 0 saturated carbocycles. The summed E-state index contributed by atoms with van der Waals surface area (Å²) >= 11 is 0. The van der Waals surface area contributed by atoms with E-state index in [4.69, 9.17) is 0 Å². The zero-order chi connectivity index (χ0) is 19.1. The summed E-state index contributed by atoms with van der Waals surface area (Å²) in [6.07, 6.45) is 6.15. The second-order valence-electron chi connectivity index (χ2n) is 6.30. The Morgan fingerprint density at radius 2 is 2.11 bits per heavy atom. The highest BCUT2D eigenvalue weighted by molar-refractivity contribution is 6.13. The van der Waals surface area contributed by atoms with E-state index in [-0.39, 0.29) is 11.7 Å². The molecule has 0 aromatic carbocycles. The second kappa shape index (κ2) is 6.31. The van der Waals surface area contributed by atoms with Crippen LogP contribution in [0.2, 0.25) is 0 Å². The zero-order valence-corrected chi connectivity index (χ0v) is 15.0. The van der Waals surface area contributed by atoms with Crippen LogP contribution in [0.3, 0.4) is 0 Å². The fourth-order valence-corrected chi connectivity index (χ4v) is 3.04. The van der Waals surface area contributed by atoms with E-state index in [0.29, 0.717) is 39.4 Å². The normalized spacial score (nSPS) is 12.1. The number of aromatic nitrogens is 5. The Morgan fingerprint density at radius 3 is 2.85 bits per heavy atom. The summed E-state index contributed by atoms with van der Waals surface area (Å²) in [6.45, 7) is 3.48. The van der Waals surface area contributed by atoms with Gasteiger partial charge < -0.3 is 10.1 Å². The molecule has 0 atom stereocenters. The van der Waals surface area contributed by atoms with Gasteiger partial charge in [-0.15, -0.1) is 0 Å². The highest BCUT2D eigenvalue weighted by atomic mass is 19.1. The average Bonchev–Trinajstić information content (AvgIpc) is 3.18. The molecule has 4 aromatic rings. The van der Waals surface area contributed by atoms with Crippen LogP contribution in [0.4, 0.5) is 10.2 Å². The van der Waals surface area contributed by atoms with E-state index >= 15 is 0 Å². The number of aryl methyl sites for hydroxylation is 1. The highest BCUT2D eigenvalue weighted by Crippen LogP contribution is 2.32. The van der Waals surface area contributed by atoms with Crippen molar-refractivity contribution in [3.8, 4) is 17.1 Å². The Labute approximate surface area is 154 Å². The molecule has 136 valence electrons. The van der Waals surface area contributed by atoms with Gasteiger partial charge in [-0.3, -0.25) is 14.6 Å². The Kier molecular flexibility index (Phi) is 3.95. The van der Waals surface area contributed by atoms with Crippen LogP contribution in [-0.4, -0.2) is 35.6 Å². The van der Waals surface area contributed by atoms with Crippen LogP contribution < -0.4 is 0 Å². The number of nitrogens with one attached hydrogen (secondary N) is 1. The summed E-state index contributed by atoms with van der Waals surface area (Å²) in [5.41, 5.74) is 3.45. The van der Waals surface area contributed by atoms with E-state index in [1.807, 2.05) is 7.05 Å². The van der Waals surface area contributed by atoms with Crippen LogP contribution >= 0.6 is 0 Å². The number of pyridine rings is 2. The molecular formula is C19H17FN6O. The predicted octanol–water partition coefficient (Wildman–Crippen LogP) is 3.65. The Bertz CT molecular complexity index is 1190. The molecular weight excluding hydrogens is 347 g/mol. The number of hydrogen-bond acceptors (Lipinski definition) is 5. The fraction of sp³-hybridized carbons (Fsp3) is 0.158. The lowest BCUT2D eigenvalue weighted by atomic mass is 10.0. The Hall–Kier alpha value is -3.55. The van der Waals surface area contributed by atoms with Crippen molar-refractivity contribution in [1.29, 1.82) is 0 Å². The molecule has 4 heterocycles. The highest BCUT2D eigenvalue weighted by Gasteiger charge is 2.17. The minimum Gasteiger partial charge on any atom is -0.494 e. The average molecular weight is 364 g/mol. The van der Waals surface area contributed by atoms with Crippen LogP contribution in [-0.2, 0) is 7.05 Å². The fourth-order valence-electron chi connectivity index (χ4n) is 3.04. The maximum atomic E-state index is 13.9. The number of aromatic amines is 1. The van der Waals surface area contributed by atoms with Crippen LogP contribution in [0.1, 0.15) is 18.1 Å². The van der Waals surface area contributed by atoms with Crippen molar-refractivity contribution in [2.75, 3.05) is 0 Å². The van der Waals surface area contributed by atoms with Gasteiger partial charge in [0, 0.05) is 36.5 Å². The molecule has 0 aliphatic rings. The molecule has 4 rings (SSSR count). The number of halogens is 1. The number of aliphatic imine (C=N–C) groups is 1. The van der Waals surface area contributed by atoms with Gasteiger partial charge in [0.05, 0.1) is 34.9 Å². The minimum atomic E-state index is -0.389. The summed E-state index contributed by atoms with van der Waals surface area (Å²) in [4.78, 5) is 15.7. The number of rotatable bonds is 3. The van der Waals surface area contributed by atoms with Crippen molar-refractivity contribution >= 4 is 22.4 Å². The van der Waals surface area contributed by atoms with Crippen LogP contribution in [0.15, 0.2) is 41.9 Å². The molecule has 0 bridgehead atoms.